The van der Waals surface area contributed by atoms with Crippen LogP contribution in [0.3, 0.4) is 0 Å². The van der Waals surface area contributed by atoms with Gasteiger partial charge in [0.1, 0.15) is 0 Å². The van der Waals surface area contributed by atoms with Crippen molar-refractivity contribution < 1.29 is 8.42 Å². The highest BCUT2D eigenvalue weighted by molar-refractivity contribution is 8.00. The predicted octanol–water partition coefficient (Wildman–Crippen LogP) is 4.52. The Labute approximate surface area is 136 Å². The van der Waals surface area contributed by atoms with E-state index >= 15 is 0 Å². The van der Waals surface area contributed by atoms with E-state index < -0.39 is 10.0 Å². The van der Waals surface area contributed by atoms with Gasteiger partial charge in [0, 0.05) is 10.1 Å². The summed E-state index contributed by atoms with van der Waals surface area (Å²) in [4.78, 5) is 1.30. The van der Waals surface area contributed by atoms with Crippen LogP contribution in [-0.2, 0) is 10.0 Å². The van der Waals surface area contributed by atoms with Gasteiger partial charge >= 0.3 is 0 Å². The second-order valence-corrected chi connectivity index (χ2v) is 8.46. The summed E-state index contributed by atoms with van der Waals surface area (Å²) < 4.78 is 27.7. The van der Waals surface area contributed by atoms with Crippen LogP contribution in [0.4, 0.5) is 5.69 Å². The van der Waals surface area contributed by atoms with E-state index in [0.29, 0.717) is 10.9 Å². The maximum atomic E-state index is 12.5. The number of anilines is 1. The van der Waals surface area contributed by atoms with Gasteiger partial charge in [-0.2, -0.15) is 0 Å². The molecule has 1 fully saturated rings. The highest BCUT2D eigenvalue weighted by Gasteiger charge is 2.20. The number of nitrogens with one attached hydrogen (secondary N) is 1. The van der Waals surface area contributed by atoms with E-state index in [1.807, 2.05) is 30.3 Å². The number of rotatable bonds is 5. The molecular formula is C17H19NO2S2. The van der Waals surface area contributed by atoms with E-state index in [0.717, 1.165) is 4.90 Å². The van der Waals surface area contributed by atoms with Crippen LogP contribution in [0.25, 0.3) is 0 Å². The van der Waals surface area contributed by atoms with Crippen LogP contribution in [-0.4, -0.2) is 13.7 Å². The highest BCUT2D eigenvalue weighted by Crippen LogP contribution is 2.38. The SMILES string of the molecule is O=S(=O)(Nc1ccccc1SC1CCCC1)c1ccccc1. The third kappa shape index (κ3) is 3.65. The number of sulfonamides is 1. The Balaban J connectivity index is 1.83. The minimum absolute atomic E-state index is 0.288. The molecule has 1 aliphatic rings. The van der Waals surface area contributed by atoms with Gasteiger partial charge in [-0.05, 0) is 37.1 Å². The first-order valence-corrected chi connectivity index (χ1v) is 9.85. The molecule has 22 heavy (non-hydrogen) atoms. The molecule has 1 aliphatic carbocycles. The van der Waals surface area contributed by atoms with E-state index in [1.165, 1.54) is 25.7 Å². The summed E-state index contributed by atoms with van der Waals surface area (Å²) in [6.07, 6.45) is 4.97. The minimum Gasteiger partial charge on any atom is -0.278 e. The van der Waals surface area contributed by atoms with Crippen molar-refractivity contribution in [1.29, 1.82) is 0 Å². The lowest BCUT2D eigenvalue weighted by Crippen LogP contribution is -2.13. The normalized spacial score (nSPS) is 15.8. The number of hydrogen-bond acceptors (Lipinski definition) is 3. The second-order valence-electron chi connectivity index (χ2n) is 5.44. The average Bonchev–Trinajstić information content (AvgIpc) is 3.03. The third-order valence-corrected chi connectivity index (χ3v) is 6.58. The Morgan fingerprint density at radius 1 is 0.909 bits per heavy atom. The lowest BCUT2D eigenvalue weighted by Gasteiger charge is -2.15. The van der Waals surface area contributed by atoms with Crippen molar-refractivity contribution >= 4 is 27.5 Å². The molecular weight excluding hydrogens is 314 g/mol. The van der Waals surface area contributed by atoms with E-state index in [1.54, 1.807) is 36.0 Å². The van der Waals surface area contributed by atoms with Gasteiger partial charge in [0.05, 0.1) is 10.6 Å². The van der Waals surface area contributed by atoms with Crippen LogP contribution in [0, 0.1) is 0 Å². The monoisotopic (exact) mass is 333 g/mol. The number of hydrogen-bond donors (Lipinski definition) is 1. The van der Waals surface area contributed by atoms with Gasteiger partial charge in [-0.3, -0.25) is 4.72 Å². The molecule has 0 amide bonds. The fraction of sp³-hybridized carbons (Fsp3) is 0.294. The second kappa shape index (κ2) is 6.75. The van der Waals surface area contributed by atoms with E-state index in [4.69, 9.17) is 0 Å². The van der Waals surface area contributed by atoms with Gasteiger partial charge in [-0.25, -0.2) is 8.42 Å². The standard InChI is InChI=1S/C17H19NO2S2/c19-22(20,15-10-2-1-3-11-15)18-16-12-6-7-13-17(16)21-14-8-4-5-9-14/h1-3,6-7,10-14,18H,4-5,8-9H2. The first-order chi connectivity index (χ1) is 10.6. The minimum atomic E-state index is -3.53. The zero-order chi connectivity index (χ0) is 15.4. The topological polar surface area (TPSA) is 46.2 Å². The van der Waals surface area contributed by atoms with Crippen LogP contribution in [0.1, 0.15) is 25.7 Å². The lowest BCUT2D eigenvalue weighted by molar-refractivity contribution is 0.601. The molecule has 0 atom stereocenters. The van der Waals surface area contributed by atoms with E-state index in [9.17, 15) is 8.42 Å². The van der Waals surface area contributed by atoms with Gasteiger partial charge in [-0.1, -0.05) is 43.2 Å². The molecule has 0 spiro atoms. The zero-order valence-corrected chi connectivity index (χ0v) is 13.9. The van der Waals surface area contributed by atoms with Crippen LogP contribution in [0.15, 0.2) is 64.4 Å². The molecule has 0 aromatic heterocycles. The molecule has 2 aromatic rings. The van der Waals surface area contributed by atoms with Crippen molar-refractivity contribution in [3.05, 3.63) is 54.6 Å². The summed E-state index contributed by atoms with van der Waals surface area (Å²) in [5, 5.41) is 0.599. The Kier molecular flexibility index (Phi) is 4.74. The summed E-state index contributed by atoms with van der Waals surface area (Å²) >= 11 is 1.79. The van der Waals surface area contributed by atoms with Gasteiger partial charge < -0.3 is 0 Å². The van der Waals surface area contributed by atoms with Crippen molar-refractivity contribution in [3.8, 4) is 0 Å². The summed E-state index contributed by atoms with van der Waals surface area (Å²) in [5.74, 6) is 0. The quantitative estimate of drug-likeness (QED) is 0.875. The molecule has 1 N–H and O–H groups in total. The maximum Gasteiger partial charge on any atom is 0.261 e. The Bertz CT molecular complexity index is 723. The molecule has 0 bridgehead atoms. The van der Waals surface area contributed by atoms with Crippen LogP contribution in [0.5, 0.6) is 0 Å². The largest absolute Gasteiger partial charge is 0.278 e. The number of para-hydroxylation sites is 1. The summed E-state index contributed by atoms with van der Waals surface area (Å²) in [6, 6.07) is 16.1. The van der Waals surface area contributed by atoms with E-state index in [-0.39, 0.29) is 4.90 Å². The predicted molar refractivity (Wildman–Crippen MR) is 91.8 cm³/mol. The molecule has 0 unspecified atom stereocenters. The fourth-order valence-electron chi connectivity index (χ4n) is 2.64. The number of benzene rings is 2. The van der Waals surface area contributed by atoms with Crippen molar-refractivity contribution in [2.75, 3.05) is 4.72 Å². The first-order valence-electron chi connectivity index (χ1n) is 7.49. The average molecular weight is 333 g/mol. The Hall–Kier alpha value is -1.46. The number of thioether (sulfide) groups is 1. The Morgan fingerprint density at radius 2 is 1.55 bits per heavy atom. The molecule has 2 aromatic carbocycles. The molecule has 0 radical (unpaired) electrons. The molecule has 3 rings (SSSR count). The Morgan fingerprint density at radius 3 is 2.27 bits per heavy atom. The first kappa shape index (κ1) is 15.4. The van der Waals surface area contributed by atoms with Crippen molar-refractivity contribution in [1.82, 2.24) is 0 Å². The molecule has 0 heterocycles. The molecule has 1 saturated carbocycles. The van der Waals surface area contributed by atoms with Gasteiger partial charge in [0.15, 0.2) is 0 Å². The van der Waals surface area contributed by atoms with Gasteiger partial charge in [0.25, 0.3) is 10.0 Å². The fourth-order valence-corrected chi connectivity index (χ4v) is 5.14. The summed E-state index contributed by atoms with van der Waals surface area (Å²) in [6.45, 7) is 0. The van der Waals surface area contributed by atoms with Crippen LogP contribution >= 0.6 is 11.8 Å². The molecule has 116 valence electrons. The van der Waals surface area contributed by atoms with E-state index in [2.05, 4.69) is 4.72 Å². The molecule has 5 heteroatoms. The molecule has 0 saturated heterocycles. The van der Waals surface area contributed by atoms with Crippen molar-refractivity contribution in [2.45, 2.75) is 40.7 Å². The third-order valence-electron chi connectivity index (χ3n) is 3.78. The highest BCUT2D eigenvalue weighted by atomic mass is 32.2. The van der Waals surface area contributed by atoms with Crippen molar-refractivity contribution in [3.63, 3.8) is 0 Å². The van der Waals surface area contributed by atoms with Crippen LogP contribution in [0.2, 0.25) is 0 Å². The molecule has 0 aliphatic heterocycles. The lowest BCUT2D eigenvalue weighted by atomic mass is 10.3. The van der Waals surface area contributed by atoms with Gasteiger partial charge in [-0.15, -0.1) is 11.8 Å². The summed E-state index contributed by atoms with van der Waals surface area (Å²) in [7, 11) is -3.53. The zero-order valence-electron chi connectivity index (χ0n) is 12.2. The smallest absolute Gasteiger partial charge is 0.261 e. The maximum absolute atomic E-state index is 12.5. The summed E-state index contributed by atoms with van der Waals surface area (Å²) in [5.41, 5.74) is 0.670. The molecule has 3 nitrogen and oxygen atoms in total. The van der Waals surface area contributed by atoms with Gasteiger partial charge in [0.2, 0.25) is 0 Å². The van der Waals surface area contributed by atoms with Crippen molar-refractivity contribution in [2.24, 2.45) is 0 Å². The van der Waals surface area contributed by atoms with Crippen LogP contribution < -0.4 is 4.72 Å².